The van der Waals surface area contributed by atoms with E-state index in [1.54, 1.807) is 0 Å². The van der Waals surface area contributed by atoms with Crippen molar-refractivity contribution in [1.29, 1.82) is 0 Å². The van der Waals surface area contributed by atoms with Crippen LogP contribution in [0.2, 0.25) is 0 Å². The Labute approximate surface area is 135 Å². The molecule has 0 aliphatic heterocycles. The van der Waals surface area contributed by atoms with E-state index in [2.05, 4.69) is 57.6 Å². The molecule has 2 heteroatoms. The smallest absolute Gasteiger partial charge is 0.0422 e. The number of rotatable bonds is 3. The van der Waals surface area contributed by atoms with Crippen LogP contribution in [-0.2, 0) is 0 Å². The highest BCUT2D eigenvalue weighted by Gasteiger charge is 2.34. The molecule has 2 fully saturated rings. The van der Waals surface area contributed by atoms with Crippen molar-refractivity contribution < 1.29 is 0 Å². The summed E-state index contributed by atoms with van der Waals surface area (Å²) in [6.45, 7) is 0. The highest BCUT2D eigenvalue weighted by atomic mass is 79.9. The molecule has 2 aliphatic carbocycles. The van der Waals surface area contributed by atoms with Gasteiger partial charge in [-0.05, 0) is 55.0 Å². The molecule has 0 saturated heterocycles. The largest absolute Gasteiger partial charge is 0.382 e. The molecule has 0 amide bonds. The normalized spacial score (nSPS) is 26.0. The van der Waals surface area contributed by atoms with Crippen LogP contribution < -0.4 is 5.32 Å². The average Bonchev–Trinajstić information content (AvgIpc) is 3.36. The molecule has 0 heterocycles. The Morgan fingerprint density at radius 1 is 0.857 bits per heavy atom. The van der Waals surface area contributed by atoms with Crippen LogP contribution >= 0.6 is 15.9 Å². The predicted molar refractivity (Wildman–Crippen MR) is 93.7 cm³/mol. The summed E-state index contributed by atoms with van der Waals surface area (Å²) in [7, 11) is 0. The maximum absolute atomic E-state index is 3.84. The molecule has 0 radical (unpaired) electrons. The Kier molecular flexibility index (Phi) is 3.66. The second-order valence-electron chi connectivity index (χ2n) is 6.75. The second kappa shape index (κ2) is 5.64. The fourth-order valence-electron chi connectivity index (χ4n) is 3.96. The van der Waals surface area contributed by atoms with Crippen LogP contribution in [-0.4, -0.2) is 6.04 Å². The molecule has 2 atom stereocenters. The third-order valence-electron chi connectivity index (χ3n) is 5.23. The molecule has 2 aromatic carbocycles. The molecule has 1 N–H and O–H groups in total. The summed E-state index contributed by atoms with van der Waals surface area (Å²) in [5.41, 5.74) is 1.30. The first-order chi connectivity index (χ1) is 10.3. The van der Waals surface area contributed by atoms with E-state index in [0.717, 1.165) is 11.8 Å². The molecule has 0 aromatic heterocycles. The van der Waals surface area contributed by atoms with Crippen LogP contribution in [0.25, 0.3) is 10.8 Å². The van der Waals surface area contributed by atoms with Crippen LogP contribution in [0.1, 0.15) is 38.5 Å². The van der Waals surface area contributed by atoms with E-state index in [-0.39, 0.29) is 0 Å². The van der Waals surface area contributed by atoms with Gasteiger partial charge in [-0.3, -0.25) is 0 Å². The molecular formula is C19H22BrN. The van der Waals surface area contributed by atoms with Crippen LogP contribution in [0.3, 0.4) is 0 Å². The van der Waals surface area contributed by atoms with E-state index in [0.29, 0.717) is 6.04 Å². The summed E-state index contributed by atoms with van der Waals surface area (Å²) < 4.78 is 1.18. The fraction of sp³-hybridized carbons (Fsp3) is 0.474. The topological polar surface area (TPSA) is 12.0 Å². The Morgan fingerprint density at radius 3 is 2.48 bits per heavy atom. The van der Waals surface area contributed by atoms with Crippen molar-refractivity contribution >= 4 is 32.4 Å². The second-order valence-corrected chi connectivity index (χ2v) is 7.60. The minimum absolute atomic E-state index is 0.661. The highest BCUT2D eigenvalue weighted by molar-refractivity contribution is 9.10. The van der Waals surface area contributed by atoms with Gasteiger partial charge in [0, 0.05) is 21.6 Å². The lowest BCUT2D eigenvalue weighted by Gasteiger charge is -2.31. The summed E-state index contributed by atoms with van der Waals surface area (Å²) in [4.78, 5) is 0. The Morgan fingerprint density at radius 2 is 1.67 bits per heavy atom. The molecular weight excluding hydrogens is 322 g/mol. The molecule has 2 aromatic rings. The summed E-state index contributed by atoms with van der Waals surface area (Å²) in [5, 5.41) is 6.48. The maximum atomic E-state index is 3.84. The van der Waals surface area contributed by atoms with Crippen molar-refractivity contribution in [3.63, 3.8) is 0 Å². The predicted octanol–water partition coefficient (Wildman–Crippen LogP) is 5.98. The third kappa shape index (κ3) is 2.83. The summed E-state index contributed by atoms with van der Waals surface area (Å²) in [6.07, 6.45) is 8.52. The number of halogens is 1. The number of anilines is 1. The van der Waals surface area contributed by atoms with E-state index in [4.69, 9.17) is 0 Å². The van der Waals surface area contributed by atoms with Gasteiger partial charge in [-0.25, -0.2) is 0 Å². The van der Waals surface area contributed by atoms with Gasteiger partial charge in [0.15, 0.2) is 0 Å². The molecule has 0 spiro atoms. The average molecular weight is 344 g/mol. The lowest BCUT2D eigenvalue weighted by molar-refractivity contribution is 0.303. The van der Waals surface area contributed by atoms with Crippen molar-refractivity contribution in [2.45, 2.75) is 44.6 Å². The van der Waals surface area contributed by atoms with Gasteiger partial charge < -0.3 is 5.32 Å². The minimum Gasteiger partial charge on any atom is -0.382 e. The van der Waals surface area contributed by atoms with Gasteiger partial charge in [0.05, 0.1) is 0 Å². The van der Waals surface area contributed by atoms with Gasteiger partial charge in [0.25, 0.3) is 0 Å². The molecule has 2 unspecified atom stereocenters. The van der Waals surface area contributed by atoms with Crippen LogP contribution in [0.15, 0.2) is 40.9 Å². The van der Waals surface area contributed by atoms with Crippen molar-refractivity contribution in [1.82, 2.24) is 0 Å². The Balaban J connectivity index is 1.57. The first-order valence-electron chi connectivity index (χ1n) is 8.25. The number of benzene rings is 2. The van der Waals surface area contributed by atoms with Gasteiger partial charge in [0.1, 0.15) is 0 Å². The molecule has 21 heavy (non-hydrogen) atoms. The van der Waals surface area contributed by atoms with Gasteiger partial charge in [0.2, 0.25) is 0 Å². The fourth-order valence-corrected chi connectivity index (χ4v) is 4.44. The number of hydrogen-bond acceptors (Lipinski definition) is 1. The lowest BCUT2D eigenvalue weighted by atomic mass is 9.82. The molecule has 110 valence electrons. The summed E-state index contributed by atoms with van der Waals surface area (Å²) in [5.74, 6) is 2.04. The quantitative estimate of drug-likeness (QED) is 0.722. The van der Waals surface area contributed by atoms with E-state index < -0.39 is 0 Å². The van der Waals surface area contributed by atoms with Crippen LogP contribution in [0, 0.1) is 11.8 Å². The van der Waals surface area contributed by atoms with E-state index in [1.165, 1.54) is 59.5 Å². The molecule has 0 bridgehead atoms. The maximum Gasteiger partial charge on any atom is 0.0422 e. The molecule has 2 saturated carbocycles. The molecule has 4 rings (SSSR count). The van der Waals surface area contributed by atoms with Crippen molar-refractivity contribution in [2.24, 2.45) is 11.8 Å². The van der Waals surface area contributed by atoms with Crippen molar-refractivity contribution in [3.8, 4) is 0 Å². The molecule has 2 aliphatic rings. The standard InChI is InChI=1S/C19H22BrN/c20-18-10-11-19(17-7-2-1-6-16(17)18)21-15-5-3-4-14(12-15)13-8-9-13/h1-2,6-7,10-11,13-15,21H,3-5,8-9,12H2. The van der Waals surface area contributed by atoms with Crippen molar-refractivity contribution in [3.05, 3.63) is 40.9 Å². The molecule has 1 nitrogen and oxygen atoms in total. The van der Waals surface area contributed by atoms with Crippen LogP contribution in [0.5, 0.6) is 0 Å². The SMILES string of the molecule is Brc1ccc(NC2CCCC(C3CC3)C2)c2ccccc12. The number of nitrogens with one attached hydrogen (secondary N) is 1. The zero-order chi connectivity index (χ0) is 14.2. The Bertz CT molecular complexity index is 647. The zero-order valence-corrected chi connectivity index (χ0v) is 13.9. The minimum atomic E-state index is 0.661. The van der Waals surface area contributed by atoms with E-state index >= 15 is 0 Å². The monoisotopic (exact) mass is 343 g/mol. The number of fused-ring (bicyclic) bond motifs is 1. The summed E-state index contributed by atoms with van der Waals surface area (Å²) in [6, 6.07) is 13.7. The van der Waals surface area contributed by atoms with Gasteiger partial charge >= 0.3 is 0 Å². The summed E-state index contributed by atoms with van der Waals surface area (Å²) >= 11 is 3.67. The van der Waals surface area contributed by atoms with E-state index in [1.807, 2.05) is 0 Å². The Hall–Kier alpha value is -1.02. The van der Waals surface area contributed by atoms with Gasteiger partial charge in [-0.1, -0.05) is 53.0 Å². The third-order valence-corrected chi connectivity index (χ3v) is 5.93. The highest BCUT2D eigenvalue weighted by Crippen LogP contribution is 2.44. The van der Waals surface area contributed by atoms with Gasteiger partial charge in [-0.15, -0.1) is 0 Å². The first-order valence-corrected chi connectivity index (χ1v) is 9.04. The van der Waals surface area contributed by atoms with Crippen LogP contribution in [0.4, 0.5) is 5.69 Å². The number of hydrogen-bond donors (Lipinski definition) is 1. The first kappa shape index (κ1) is 13.6. The van der Waals surface area contributed by atoms with E-state index in [9.17, 15) is 0 Å². The van der Waals surface area contributed by atoms with Gasteiger partial charge in [-0.2, -0.15) is 0 Å². The zero-order valence-electron chi connectivity index (χ0n) is 12.3. The van der Waals surface area contributed by atoms with Crippen molar-refractivity contribution in [2.75, 3.05) is 5.32 Å². The lowest BCUT2D eigenvalue weighted by Crippen LogP contribution is -2.28.